The third-order valence-electron chi connectivity index (χ3n) is 3.45. The molecule has 0 aromatic carbocycles. The van der Waals surface area contributed by atoms with Crippen molar-refractivity contribution in [3.63, 3.8) is 0 Å². The first-order chi connectivity index (χ1) is 7.67. The molecule has 0 amide bonds. The van der Waals surface area contributed by atoms with E-state index in [1.54, 1.807) is 6.26 Å². The Morgan fingerprint density at radius 2 is 2.12 bits per heavy atom. The van der Waals surface area contributed by atoms with E-state index in [9.17, 15) is 4.21 Å². The van der Waals surface area contributed by atoms with Crippen LogP contribution in [0.15, 0.2) is 0 Å². The molecule has 1 aliphatic rings. The summed E-state index contributed by atoms with van der Waals surface area (Å²) < 4.78 is 11.0. The predicted molar refractivity (Wildman–Crippen MR) is 71.3 cm³/mol. The quantitative estimate of drug-likeness (QED) is 0.765. The van der Waals surface area contributed by atoms with Crippen LogP contribution >= 0.6 is 0 Å². The second-order valence-electron chi connectivity index (χ2n) is 4.70. The average molecular weight is 246 g/mol. The van der Waals surface area contributed by atoms with Gasteiger partial charge in [0.2, 0.25) is 0 Å². The van der Waals surface area contributed by atoms with Crippen molar-refractivity contribution in [3.05, 3.63) is 0 Å². The molecule has 0 saturated carbocycles. The lowest BCUT2D eigenvalue weighted by molar-refractivity contribution is 0.125. The first kappa shape index (κ1) is 14.1. The minimum Gasteiger partial charge on any atom is -0.311 e. The van der Waals surface area contributed by atoms with Crippen molar-refractivity contribution in [1.29, 1.82) is 0 Å². The molecule has 1 fully saturated rings. The summed E-state index contributed by atoms with van der Waals surface area (Å²) in [7, 11) is -0.636. The number of rotatable bonds is 6. The number of nitrogens with zero attached hydrogens (tertiary/aromatic N) is 1. The van der Waals surface area contributed by atoms with Crippen molar-refractivity contribution in [2.24, 2.45) is 0 Å². The number of nitrogens with one attached hydrogen (secondary N) is 1. The van der Waals surface area contributed by atoms with E-state index >= 15 is 0 Å². The van der Waals surface area contributed by atoms with Gasteiger partial charge in [-0.2, -0.15) is 0 Å². The van der Waals surface area contributed by atoms with Crippen LogP contribution in [0.25, 0.3) is 0 Å². The number of hydrogen-bond acceptors (Lipinski definition) is 3. The summed E-state index contributed by atoms with van der Waals surface area (Å²) in [5.74, 6) is 0.844. The fourth-order valence-electron chi connectivity index (χ4n) is 2.35. The van der Waals surface area contributed by atoms with Crippen LogP contribution in [0.1, 0.15) is 33.1 Å². The molecule has 3 nitrogen and oxygen atoms in total. The van der Waals surface area contributed by atoms with Crippen LogP contribution in [0.4, 0.5) is 0 Å². The van der Waals surface area contributed by atoms with E-state index in [-0.39, 0.29) is 0 Å². The van der Waals surface area contributed by atoms with Crippen molar-refractivity contribution >= 4 is 10.8 Å². The standard InChI is InChI=1S/C12H26N2OS/c1-4-11-10-14(7-6-8-16(3)15)12(5-2)9-13-11/h11-13H,4-10H2,1-3H3. The van der Waals surface area contributed by atoms with E-state index in [0.717, 1.165) is 31.8 Å². The Labute approximate surface area is 102 Å². The fraction of sp³-hybridized carbons (Fsp3) is 1.00. The highest BCUT2D eigenvalue weighted by Crippen LogP contribution is 2.12. The molecule has 0 aromatic rings. The van der Waals surface area contributed by atoms with Gasteiger partial charge in [-0.05, 0) is 25.8 Å². The zero-order valence-corrected chi connectivity index (χ0v) is 11.7. The summed E-state index contributed by atoms with van der Waals surface area (Å²) in [6, 6.07) is 1.32. The van der Waals surface area contributed by atoms with Gasteiger partial charge in [0.1, 0.15) is 0 Å². The zero-order chi connectivity index (χ0) is 12.0. The lowest BCUT2D eigenvalue weighted by Crippen LogP contribution is -2.56. The molecule has 1 aliphatic heterocycles. The van der Waals surface area contributed by atoms with Crippen LogP contribution in [0.3, 0.4) is 0 Å². The molecule has 1 N–H and O–H groups in total. The Morgan fingerprint density at radius 1 is 1.38 bits per heavy atom. The van der Waals surface area contributed by atoms with Gasteiger partial charge >= 0.3 is 0 Å². The van der Waals surface area contributed by atoms with E-state index in [1.807, 2.05) is 0 Å². The van der Waals surface area contributed by atoms with Crippen LogP contribution in [-0.4, -0.2) is 52.8 Å². The second kappa shape index (κ2) is 7.41. The minimum atomic E-state index is -0.636. The molecule has 0 bridgehead atoms. The average Bonchev–Trinajstić information content (AvgIpc) is 2.28. The third kappa shape index (κ3) is 4.52. The van der Waals surface area contributed by atoms with Gasteiger partial charge in [-0.1, -0.05) is 13.8 Å². The summed E-state index contributed by atoms with van der Waals surface area (Å²) in [5.41, 5.74) is 0. The maximum Gasteiger partial charge on any atom is 0.0244 e. The Kier molecular flexibility index (Phi) is 6.54. The molecule has 4 heteroatoms. The van der Waals surface area contributed by atoms with E-state index in [2.05, 4.69) is 24.1 Å². The van der Waals surface area contributed by atoms with Gasteiger partial charge < -0.3 is 5.32 Å². The first-order valence-corrected chi connectivity index (χ1v) is 8.17. The van der Waals surface area contributed by atoms with Crippen LogP contribution in [0, 0.1) is 0 Å². The maximum absolute atomic E-state index is 11.0. The second-order valence-corrected chi connectivity index (χ2v) is 6.26. The van der Waals surface area contributed by atoms with E-state index < -0.39 is 10.8 Å². The predicted octanol–water partition coefficient (Wildman–Crippen LogP) is 1.22. The highest BCUT2D eigenvalue weighted by atomic mass is 32.2. The van der Waals surface area contributed by atoms with Gasteiger partial charge in [-0.15, -0.1) is 0 Å². The van der Waals surface area contributed by atoms with E-state index in [0.29, 0.717) is 12.1 Å². The lowest BCUT2D eigenvalue weighted by Gasteiger charge is -2.40. The molecular formula is C12H26N2OS. The van der Waals surface area contributed by atoms with Gasteiger partial charge in [-0.3, -0.25) is 9.11 Å². The molecule has 0 aliphatic carbocycles. The van der Waals surface area contributed by atoms with Crippen LogP contribution in [0.2, 0.25) is 0 Å². The van der Waals surface area contributed by atoms with Gasteiger partial charge in [0.25, 0.3) is 0 Å². The summed E-state index contributed by atoms with van der Waals surface area (Å²) in [4.78, 5) is 2.58. The Morgan fingerprint density at radius 3 is 2.69 bits per heavy atom. The normalized spacial score (nSPS) is 29.2. The highest BCUT2D eigenvalue weighted by Gasteiger charge is 2.24. The van der Waals surface area contributed by atoms with Crippen molar-refractivity contribution in [2.75, 3.05) is 31.6 Å². The molecule has 0 radical (unpaired) electrons. The van der Waals surface area contributed by atoms with E-state index in [1.165, 1.54) is 12.8 Å². The third-order valence-corrected chi connectivity index (χ3v) is 4.32. The highest BCUT2D eigenvalue weighted by molar-refractivity contribution is 7.84. The molecule has 96 valence electrons. The minimum absolute atomic E-state index is 0.636. The Hall–Kier alpha value is 0.0700. The van der Waals surface area contributed by atoms with Gasteiger partial charge in [0, 0.05) is 48.0 Å². The summed E-state index contributed by atoms with van der Waals surface area (Å²) in [5, 5.41) is 3.60. The zero-order valence-electron chi connectivity index (χ0n) is 10.9. The van der Waals surface area contributed by atoms with Crippen molar-refractivity contribution in [2.45, 2.75) is 45.2 Å². The monoisotopic (exact) mass is 246 g/mol. The number of piperazine rings is 1. The van der Waals surface area contributed by atoms with Gasteiger partial charge in [-0.25, -0.2) is 0 Å². The maximum atomic E-state index is 11.0. The molecular weight excluding hydrogens is 220 g/mol. The molecule has 1 heterocycles. The SMILES string of the molecule is CCC1CN(CCCS(C)=O)C(CC)CN1. The van der Waals surface area contributed by atoms with Crippen LogP contribution in [-0.2, 0) is 10.8 Å². The summed E-state index contributed by atoms with van der Waals surface area (Å²) >= 11 is 0. The van der Waals surface area contributed by atoms with Crippen molar-refractivity contribution in [1.82, 2.24) is 10.2 Å². The van der Waals surface area contributed by atoms with Crippen molar-refractivity contribution in [3.8, 4) is 0 Å². The van der Waals surface area contributed by atoms with E-state index in [4.69, 9.17) is 0 Å². The number of hydrogen-bond donors (Lipinski definition) is 1. The Bertz CT molecular complexity index is 223. The topological polar surface area (TPSA) is 32.3 Å². The summed E-state index contributed by atoms with van der Waals surface area (Å²) in [6.45, 7) is 7.87. The molecule has 0 spiro atoms. The molecule has 1 rings (SSSR count). The van der Waals surface area contributed by atoms with Crippen molar-refractivity contribution < 1.29 is 4.21 Å². The van der Waals surface area contributed by atoms with Gasteiger partial charge in [0.05, 0.1) is 0 Å². The molecule has 3 unspecified atom stereocenters. The molecule has 0 aromatic heterocycles. The molecule has 1 saturated heterocycles. The first-order valence-electron chi connectivity index (χ1n) is 6.44. The Balaban J connectivity index is 2.36. The largest absolute Gasteiger partial charge is 0.311 e. The smallest absolute Gasteiger partial charge is 0.0244 e. The molecule has 3 atom stereocenters. The van der Waals surface area contributed by atoms with Crippen LogP contribution < -0.4 is 5.32 Å². The van der Waals surface area contributed by atoms with Crippen LogP contribution in [0.5, 0.6) is 0 Å². The lowest BCUT2D eigenvalue weighted by atomic mass is 10.1. The summed E-state index contributed by atoms with van der Waals surface area (Å²) in [6.07, 6.45) is 5.27. The fourth-order valence-corrected chi connectivity index (χ4v) is 2.88. The van der Waals surface area contributed by atoms with Gasteiger partial charge in [0.15, 0.2) is 0 Å². The molecule has 16 heavy (non-hydrogen) atoms.